The van der Waals surface area contributed by atoms with Crippen molar-refractivity contribution in [2.45, 2.75) is 32.1 Å². The molecule has 2 heterocycles. The van der Waals surface area contributed by atoms with Gasteiger partial charge in [-0.3, -0.25) is 4.79 Å². The molecule has 2 aromatic carbocycles. The van der Waals surface area contributed by atoms with Crippen LogP contribution in [0.15, 0.2) is 48.7 Å². The van der Waals surface area contributed by atoms with Gasteiger partial charge in [0.15, 0.2) is 22.9 Å². The van der Waals surface area contributed by atoms with E-state index in [0.29, 0.717) is 42.0 Å². The third-order valence-corrected chi connectivity index (χ3v) is 6.28. The molecule has 0 bridgehead atoms. The van der Waals surface area contributed by atoms with Crippen molar-refractivity contribution in [3.8, 4) is 22.6 Å². The Bertz CT molecular complexity index is 1360. The van der Waals surface area contributed by atoms with Gasteiger partial charge in [-0.25, -0.2) is 13.9 Å². The number of aromatic nitrogens is 3. The van der Waals surface area contributed by atoms with Gasteiger partial charge >= 0.3 is 0 Å². The summed E-state index contributed by atoms with van der Waals surface area (Å²) in [5.41, 5.74) is 5.72. The number of Topliss-reactive ketones (excluding diaryl/α,β-unsaturated/α-hetero) is 1. The van der Waals surface area contributed by atoms with Gasteiger partial charge < -0.3 is 9.47 Å². The molecule has 0 N–H and O–H groups in total. The first-order valence-corrected chi connectivity index (χ1v) is 10.9. The van der Waals surface area contributed by atoms with Crippen LogP contribution in [0, 0.1) is 5.82 Å². The molecule has 1 aliphatic carbocycles. The molecule has 0 amide bonds. The highest BCUT2D eigenvalue weighted by Crippen LogP contribution is 2.37. The number of ether oxygens (including phenoxy) is 2. The highest BCUT2D eigenvalue weighted by molar-refractivity contribution is 5.99. The third kappa shape index (κ3) is 3.63. The predicted molar refractivity (Wildman–Crippen MR) is 123 cm³/mol. The molecular weight excluding hydrogens is 421 g/mol. The van der Waals surface area contributed by atoms with Crippen LogP contribution < -0.4 is 9.47 Å². The second kappa shape index (κ2) is 8.31. The standard InChI is InChI=1S/C26H24FN3O3/c1-4-20-25(16-7-10-23(32-2)24(13-16)33-3)26-28-21-11-17(15-5-8-18(27)9-6-15)12-22(31)19(21)14-30(26)29-20/h5-10,13-14,17H,4,11-12H2,1-3H3. The molecular formula is C26H24FN3O3. The van der Waals surface area contributed by atoms with Crippen LogP contribution in [0.4, 0.5) is 4.39 Å². The summed E-state index contributed by atoms with van der Waals surface area (Å²) < 4.78 is 26.0. The molecule has 0 saturated carbocycles. The summed E-state index contributed by atoms with van der Waals surface area (Å²) in [6.07, 6.45) is 3.49. The van der Waals surface area contributed by atoms with Gasteiger partial charge in [-0.15, -0.1) is 0 Å². The Balaban J connectivity index is 1.63. The van der Waals surface area contributed by atoms with Gasteiger partial charge in [0, 0.05) is 18.2 Å². The highest BCUT2D eigenvalue weighted by Gasteiger charge is 2.29. The van der Waals surface area contributed by atoms with E-state index < -0.39 is 0 Å². The first-order valence-electron chi connectivity index (χ1n) is 10.9. The van der Waals surface area contributed by atoms with Crippen LogP contribution in [-0.4, -0.2) is 34.6 Å². The van der Waals surface area contributed by atoms with Crippen LogP contribution in [0.5, 0.6) is 11.5 Å². The maximum absolute atomic E-state index is 13.4. The molecule has 0 radical (unpaired) electrons. The van der Waals surface area contributed by atoms with E-state index in [4.69, 9.17) is 19.6 Å². The second-order valence-corrected chi connectivity index (χ2v) is 8.19. The largest absolute Gasteiger partial charge is 0.493 e. The number of fused-ring (bicyclic) bond motifs is 2. The number of methoxy groups -OCH3 is 2. The van der Waals surface area contributed by atoms with Crippen molar-refractivity contribution >= 4 is 11.4 Å². The molecule has 1 unspecified atom stereocenters. The minimum absolute atomic E-state index is 0.0289. The Labute approximate surface area is 191 Å². The zero-order valence-electron chi connectivity index (χ0n) is 18.8. The Morgan fingerprint density at radius 2 is 1.82 bits per heavy atom. The first-order chi connectivity index (χ1) is 16.0. The lowest BCUT2D eigenvalue weighted by Crippen LogP contribution is -2.21. The van der Waals surface area contributed by atoms with Gasteiger partial charge in [0.1, 0.15) is 5.82 Å². The van der Waals surface area contributed by atoms with E-state index in [1.54, 1.807) is 37.1 Å². The zero-order chi connectivity index (χ0) is 23.1. The van der Waals surface area contributed by atoms with Gasteiger partial charge in [0.2, 0.25) is 0 Å². The molecule has 1 aliphatic rings. The Morgan fingerprint density at radius 1 is 1.06 bits per heavy atom. The summed E-state index contributed by atoms with van der Waals surface area (Å²) in [5, 5.41) is 4.72. The van der Waals surface area contributed by atoms with Gasteiger partial charge in [-0.1, -0.05) is 25.1 Å². The highest BCUT2D eigenvalue weighted by atomic mass is 19.1. The SMILES string of the molecule is CCc1nn2cc3c(nc2c1-c1ccc(OC)c(OC)c1)CC(c1ccc(F)cc1)CC3=O. The third-order valence-electron chi connectivity index (χ3n) is 6.28. The average Bonchev–Trinajstić information content (AvgIpc) is 3.20. The van der Waals surface area contributed by atoms with E-state index in [1.807, 2.05) is 25.1 Å². The maximum Gasteiger partial charge on any atom is 0.166 e. The van der Waals surface area contributed by atoms with Crippen molar-refractivity contribution in [2.75, 3.05) is 14.2 Å². The first kappa shape index (κ1) is 21.1. The van der Waals surface area contributed by atoms with Crippen LogP contribution in [0.2, 0.25) is 0 Å². The quantitative estimate of drug-likeness (QED) is 0.431. The number of hydrogen-bond donors (Lipinski definition) is 0. The number of halogens is 1. The normalized spacial score (nSPS) is 15.5. The summed E-state index contributed by atoms with van der Waals surface area (Å²) in [4.78, 5) is 17.9. The number of hydrogen-bond acceptors (Lipinski definition) is 5. The van der Waals surface area contributed by atoms with Crippen molar-refractivity contribution in [2.24, 2.45) is 0 Å². The number of ketones is 1. The summed E-state index contributed by atoms with van der Waals surface area (Å²) in [6.45, 7) is 2.04. The number of benzene rings is 2. The van der Waals surface area contributed by atoms with E-state index in [-0.39, 0.29) is 17.5 Å². The smallest absolute Gasteiger partial charge is 0.166 e. The topological polar surface area (TPSA) is 65.7 Å². The Kier molecular flexibility index (Phi) is 5.32. The van der Waals surface area contributed by atoms with Gasteiger partial charge in [-0.05, 0) is 54.2 Å². The number of nitrogens with zero attached hydrogens (tertiary/aromatic N) is 3. The zero-order valence-corrected chi connectivity index (χ0v) is 18.8. The maximum atomic E-state index is 13.4. The van der Waals surface area contributed by atoms with Crippen LogP contribution >= 0.6 is 0 Å². The van der Waals surface area contributed by atoms with Crippen molar-refractivity contribution < 1.29 is 18.7 Å². The fourth-order valence-electron chi connectivity index (χ4n) is 4.59. The molecule has 0 saturated heterocycles. The summed E-state index contributed by atoms with van der Waals surface area (Å²) in [7, 11) is 3.21. The minimum atomic E-state index is -0.285. The van der Waals surface area contributed by atoms with Gasteiger partial charge in [-0.2, -0.15) is 5.10 Å². The number of rotatable bonds is 5. The average molecular weight is 445 g/mol. The lowest BCUT2D eigenvalue weighted by molar-refractivity contribution is 0.0962. The lowest BCUT2D eigenvalue weighted by Gasteiger charge is -2.23. The second-order valence-electron chi connectivity index (χ2n) is 8.19. The summed E-state index contributed by atoms with van der Waals surface area (Å²) >= 11 is 0. The van der Waals surface area contributed by atoms with Gasteiger partial charge in [0.25, 0.3) is 0 Å². The van der Waals surface area contributed by atoms with E-state index >= 15 is 0 Å². The molecule has 33 heavy (non-hydrogen) atoms. The van der Waals surface area contributed by atoms with E-state index in [0.717, 1.165) is 28.1 Å². The molecule has 4 aromatic rings. The predicted octanol–water partition coefficient (Wildman–Crippen LogP) is 5.03. The summed E-state index contributed by atoms with van der Waals surface area (Å²) in [5.74, 6) is 0.988. The molecule has 5 rings (SSSR count). The van der Waals surface area contributed by atoms with E-state index in [2.05, 4.69) is 0 Å². The molecule has 0 spiro atoms. The van der Waals surface area contributed by atoms with Crippen molar-refractivity contribution in [3.63, 3.8) is 0 Å². The molecule has 6 nitrogen and oxygen atoms in total. The monoisotopic (exact) mass is 445 g/mol. The number of carbonyl (C=O) groups is 1. The minimum Gasteiger partial charge on any atom is -0.493 e. The van der Waals surface area contributed by atoms with Crippen molar-refractivity contribution in [3.05, 3.63) is 77.0 Å². The fourth-order valence-corrected chi connectivity index (χ4v) is 4.59. The Morgan fingerprint density at radius 3 is 2.52 bits per heavy atom. The van der Waals surface area contributed by atoms with Crippen LogP contribution in [0.25, 0.3) is 16.8 Å². The molecule has 7 heteroatoms. The van der Waals surface area contributed by atoms with Gasteiger partial charge in [0.05, 0.1) is 31.2 Å². The van der Waals surface area contributed by atoms with Crippen LogP contribution in [0.1, 0.15) is 46.6 Å². The fraction of sp³-hybridized carbons (Fsp3) is 0.269. The molecule has 2 aromatic heterocycles. The molecule has 0 aliphatic heterocycles. The number of carbonyl (C=O) groups excluding carboxylic acids is 1. The Hall–Kier alpha value is -3.74. The van der Waals surface area contributed by atoms with Crippen LogP contribution in [0.3, 0.4) is 0 Å². The lowest BCUT2D eigenvalue weighted by atomic mass is 9.82. The van der Waals surface area contributed by atoms with Crippen molar-refractivity contribution in [1.82, 2.24) is 14.6 Å². The van der Waals surface area contributed by atoms with E-state index in [9.17, 15) is 9.18 Å². The molecule has 168 valence electrons. The number of aryl methyl sites for hydroxylation is 1. The van der Waals surface area contributed by atoms with Crippen molar-refractivity contribution in [1.29, 1.82) is 0 Å². The molecule has 0 fully saturated rings. The summed E-state index contributed by atoms with van der Waals surface area (Å²) in [6, 6.07) is 12.1. The van der Waals surface area contributed by atoms with Crippen LogP contribution in [-0.2, 0) is 12.8 Å². The molecule has 1 atom stereocenters. The van der Waals surface area contributed by atoms with E-state index in [1.165, 1.54) is 12.1 Å².